The van der Waals surface area contributed by atoms with Crippen LogP contribution < -0.4 is 10.4 Å². The molecule has 0 N–H and O–H groups in total. The number of unbranched alkanes of at least 4 members (excludes halogenated alkanes) is 7. The SMILES string of the molecule is CCCCCCCCOc1nc2c(c(=O)o1)CC=C(CCCCCc1ccccc1)S2. The van der Waals surface area contributed by atoms with Gasteiger partial charge in [0.25, 0.3) is 0 Å². The molecule has 1 aromatic carbocycles. The van der Waals surface area contributed by atoms with E-state index >= 15 is 0 Å². The Bertz CT molecular complexity index is 876. The maximum atomic E-state index is 12.3. The summed E-state index contributed by atoms with van der Waals surface area (Å²) in [5.41, 5.74) is 1.76. The lowest BCUT2D eigenvalue weighted by Crippen LogP contribution is -2.14. The lowest BCUT2D eigenvalue weighted by molar-refractivity contribution is 0.203. The first-order chi connectivity index (χ1) is 15.3. The molecule has 3 rings (SSSR count). The third-order valence-electron chi connectivity index (χ3n) is 5.59. The summed E-state index contributed by atoms with van der Waals surface area (Å²) in [6.45, 7) is 2.77. The summed E-state index contributed by atoms with van der Waals surface area (Å²) in [5.74, 6) is 0. The van der Waals surface area contributed by atoms with E-state index in [0.29, 0.717) is 18.6 Å². The molecule has 2 aromatic rings. The van der Waals surface area contributed by atoms with Crippen molar-refractivity contribution in [3.8, 4) is 6.08 Å². The van der Waals surface area contributed by atoms with Crippen molar-refractivity contribution in [3.63, 3.8) is 0 Å². The van der Waals surface area contributed by atoms with Crippen LogP contribution in [0, 0.1) is 0 Å². The van der Waals surface area contributed by atoms with Crippen molar-refractivity contribution in [1.82, 2.24) is 4.98 Å². The van der Waals surface area contributed by atoms with Crippen molar-refractivity contribution in [2.24, 2.45) is 0 Å². The largest absolute Gasteiger partial charge is 0.450 e. The van der Waals surface area contributed by atoms with Crippen molar-refractivity contribution in [3.05, 3.63) is 62.9 Å². The number of aryl methyl sites for hydroxylation is 1. The summed E-state index contributed by atoms with van der Waals surface area (Å²) >= 11 is 1.60. The number of hydrogen-bond acceptors (Lipinski definition) is 5. The minimum Gasteiger partial charge on any atom is -0.450 e. The topological polar surface area (TPSA) is 52.3 Å². The second-order valence-corrected chi connectivity index (χ2v) is 9.31. The second kappa shape index (κ2) is 13.4. The summed E-state index contributed by atoms with van der Waals surface area (Å²) < 4.78 is 10.9. The molecule has 1 aliphatic rings. The number of nitrogens with zero attached hydrogens (tertiary/aromatic N) is 1. The van der Waals surface area contributed by atoms with Crippen LogP contribution in [0.4, 0.5) is 0 Å². The van der Waals surface area contributed by atoms with E-state index in [-0.39, 0.29) is 11.7 Å². The third kappa shape index (κ3) is 8.21. The van der Waals surface area contributed by atoms with Crippen LogP contribution >= 0.6 is 11.8 Å². The van der Waals surface area contributed by atoms with Crippen molar-refractivity contribution in [2.75, 3.05) is 6.61 Å². The van der Waals surface area contributed by atoms with E-state index in [1.165, 1.54) is 49.0 Å². The molecule has 0 fully saturated rings. The van der Waals surface area contributed by atoms with Crippen LogP contribution in [-0.2, 0) is 12.8 Å². The molecule has 5 heteroatoms. The maximum absolute atomic E-state index is 12.3. The lowest BCUT2D eigenvalue weighted by Gasteiger charge is -2.15. The average Bonchev–Trinajstić information content (AvgIpc) is 2.79. The van der Waals surface area contributed by atoms with E-state index in [1.807, 2.05) is 0 Å². The Morgan fingerprint density at radius 2 is 1.71 bits per heavy atom. The normalized spacial score (nSPS) is 13.0. The molecule has 0 atom stereocenters. The van der Waals surface area contributed by atoms with Gasteiger partial charge in [-0.2, -0.15) is 4.98 Å². The summed E-state index contributed by atoms with van der Waals surface area (Å²) in [5, 5.41) is 0.760. The molecule has 0 aliphatic carbocycles. The van der Waals surface area contributed by atoms with Crippen LogP contribution in [0.2, 0.25) is 0 Å². The van der Waals surface area contributed by atoms with Crippen LogP contribution in [0.25, 0.3) is 0 Å². The molecule has 0 bridgehead atoms. The summed E-state index contributed by atoms with van der Waals surface area (Å²) in [6.07, 6.45) is 15.8. The molecule has 0 radical (unpaired) electrons. The van der Waals surface area contributed by atoms with Gasteiger partial charge in [-0.3, -0.25) is 0 Å². The van der Waals surface area contributed by atoms with Crippen LogP contribution in [0.3, 0.4) is 0 Å². The van der Waals surface area contributed by atoms with E-state index < -0.39 is 0 Å². The van der Waals surface area contributed by atoms with Gasteiger partial charge in [-0.25, -0.2) is 4.79 Å². The fraction of sp³-hybridized carbons (Fsp3) is 0.538. The fourth-order valence-electron chi connectivity index (χ4n) is 3.74. The van der Waals surface area contributed by atoms with E-state index in [9.17, 15) is 4.79 Å². The highest BCUT2D eigenvalue weighted by molar-refractivity contribution is 8.03. The molecule has 31 heavy (non-hydrogen) atoms. The van der Waals surface area contributed by atoms with Crippen LogP contribution in [0.15, 0.2) is 55.6 Å². The predicted octanol–water partition coefficient (Wildman–Crippen LogP) is 7.11. The summed E-state index contributed by atoms with van der Waals surface area (Å²) in [7, 11) is 0. The molecule has 4 nitrogen and oxygen atoms in total. The first kappa shape index (κ1) is 23.6. The molecule has 0 unspecified atom stereocenters. The van der Waals surface area contributed by atoms with E-state index in [1.54, 1.807) is 11.8 Å². The Morgan fingerprint density at radius 1 is 0.968 bits per heavy atom. The number of ether oxygens (including phenoxy) is 1. The van der Waals surface area contributed by atoms with Crippen LogP contribution in [-0.4, -0.2) is 11.6 Å². The highest BCUT2D eigenvalue weighted by Gasteiger charge is 2.19. The highest BCUT2D eigenvalue weighted by atomic mass is 32.2. The highest BCUT2D eigenvalue weighted by Crippen LogP contribution is 2.35. The number of rotatable bonds is 14. The van der Waals surface area contributed by atoms with Gasteiger partial charge in [0, 0.05) is 6.42 Å². The molecule has 1 aromatic heterocycles. The number of thioether (sulfide) groups is 1. The molecular formula is C26H35NO3S. The molecular weight excluding hydrogens is 406 g/mol. The summed E-state index contributed by atoms with van der Waals surface area (Å²) in [4.78, 5) is 18.1. The first-order valence-electron chi connectivity index (χ1n) is 11.8. The van der Waals surface area contributed by atoms with Crippen molar-refractivity contribution in [2.45, 2.75) is 89.0 Å². The monoisotopic (exact) mass is 441 g/mol. The second-order valence-electron chi connectivity index (χ2n) is 8.19. The minimum absolute atomic E-state index is 0.119. The molecule has 0 spiro atoms. The Kier molecular flexibility index (Phi) is 10.2. The van der Waals surface area contributed by atoms with Crippen LogP contribution in [0.1, 0.15) is 82.3 Å². The van der Waals surface area contributed by atoms with Gasteiger partial charge in [0.2, 0.25) is 0 Å². The van der Waals surface area contributed by atoms with E-state index in [4.69, 9.17) is 9.15 Å². The zero-order valence-electron chi connectivity index (χ0n) is 18.7. The van der Waals surface area contributed by atoms with Crippen molar-refractivity contribution >= 4 is 11.8 Å². The lowest BCUT2D eigenvalue weighted by atomic mass is 10.1. The molecule has 2 heterocycles. The van der Waals surface area contributed by atoms with Gasteiger partial charge in [0.1, 0.15) is 5.03 Å². The first-order valence-corrected chi connectivity index (χ1v) is 12.7. The maximum Gasteiger partial charge on any atom is 0.397 e. The Hall–Kier alpha value is -2.01. The van der Waals surface area contributed by atoms with Gasteiger partial charge in [-0.05, 0) is 42.6 Å². The Balaban J connectivity index is 1.39. The Morgan fingerprint density at radius 3 is 2.55 bits per heavy atom. The standard InChI is InChI=1S/C26H35NO3S/c1-2-3-4-5-6-13-20-29-26-27-24-23(25(28)30-26)19-18-22(31-24)17-12-8-11-16-21-14-9-7-10-15-21/h7,9-10,14-15,18H,2-6,8,11-13,16-17,19-20H2,1H3. The Labute approximate surface area is 190 Å². The number of hydrogen-bond donors (Lipinski definition) is 0. The van der Waals surface area contributed by atoms with Crippen molar-refractivity contribution < 1.29 is 9.15 Å². The number of aromatic nitrogens is 1. The van der Waals surface area contributed by atoms with Gasteiger partial charge in [0.05, 0.1) is 12.2 Å². The third-order valence-corrected chi connectivity index (χ3v) is 6.76. The quantitative estimate of drug-likeness (QED) is 0.292. The molecule has 0 saturated carbocycles. The molecule has 0 saturated heterocycles. The minimum atomic E-state index is -0.311. The van der Waals surface area contributed by atoms with Gasteiger partial charge in [-0.15, -0.1) is 0 Å². The average molecular weight is 442 g/mol. The molecule has 168 valence electrons. The predicted molar refractivity (Wildman–Crippen MR) is 128 cm³/mol. The zero-order chi connectivity index (χ0) is 21.7. The smallest absolute Gasteiger partial charge is 0.397 e. The summed E-state index contributed by atoms with van der Waals surface area (Å²) in [6, 6.07) is 10.7. The molecule has 0 amide bonds. The number of fused-ring (bicyclic) bond motifs is 1. The zero-order valence-corrected chi connectivity index (χ0v) is 19.6. The van der Waals surface area contributed by atoms with Gasteiger partial charge < -0.3 is 9.15 Å². The van der Waals surface area contributed by atoms with Gasteiger partial charge >= 0.3 is 11.7 Å². The van der Waals surface area contributed by atoms with Gasteiger partial charge in [-0.1, -0.05) is 93.6 Å². The fourth-order valence-corrected chi connectivity index (χ4v) is 4.82. The van der Waals surface area contributed by atoms with Crippen LogP contribution in [0.5, 0.6) is 6.08 Å². The van der Waals surface area contributed by atoms with Gasteiger partial charge in [0.15, 0.2) is 0 Å². The number of benzene rings is 1. The molecule has 1 aliphatic heterocycles. The van der Waals surface area contributed by atoms with E-state index in [0.717, 1.165) is 37.1 Å². The number of allylic oxidation sites excluding steroid dienone is 2. The van der Waals surface area contributed by atoms with E-state index in [2.05, 4.69) is 48.3 Å². The van der Waals surface area contributed by atoms with Crippen molar-refractivity contribution in [1.29, 1.82) is 0 Å².